The van der Waals surface area contributed by atoms with Gasteiger partial charge in [-0.15, -0.1) is 0 Å². The quantitative estimate of drug-likeness (QED) is 0.780. The Morgan fingerprint density at radius 2 is 2.39 bits per heavy atom. The largest absolute Gasteiger partial charge is 0.380 e. The van der Waals surface area contributed by atoms with Gasteiger partial charge in [-0.2, -0.15) is 0 Å². The second-order valence-electron chi connectivity index (χ2n) is 4.60. The van der Waals surface area contributed by atoms with Crippen molar-refractivity contribution in [2.75, 3.05) is 29.9 Å². The molecule has 0 unspecified atom stereocenters. The molecule has 18 heavy (non-hydrogen) atoms. The van der Waals surface area contributed by atoms with E-state index in [-0.39, 0.29) is 0 Å². The zero-order chi connectivity index (χ0) is 13.0. The molecule has 1 saturated heterocycles. The molecule has 0 saturated carbocycles. The Balaban J connectivity index is 2.24. The van der Waals surface area contributed by atoms with Crippen molar-refractivity contribution in [2.24, 2.45) is 0 Å². The molecule has 2 rings (SSSR count). The third-order valence-corrected chi connectivity index (χ3v) is 2.72. The van der Waals surface area contributed by atoms with Crippen molar-refractivity contribution < 1.29 is 4.79 Å². The van der Waals surface area contributed by atoms with Crippen molar-refractivity contribution in [3.8, 4) is 0 Å². The molecule has 2 heterocycles. The van der Waals surface area contributed by atoms with E-state index in [9.17, 15) is 4.79 Å². The average Bonchev–Trinajstić information content (AvgIpc) is 2.39. The van der Waals surface area contributed by atoms with Crippen LogP contribution in [-0.4, -0.2) is 36.6 Å². The maximum Gasteiger partial charge on any atom is 0.152 e. The van der Waals surface area contributed by atoms with Gasteiger partial charge in [0.15, 0.2) is 5.82 Å². The molecule has 0 atom stereocenters. The van der Waals surface area contributed by atoms with Crippen LogP contribution in [0.25, 0.3) is 0 Å². The number of nitrogens with zero attached hydrogens (tertiary/aromatic N) is 2. The van der Waals surface area contributed by atoms with Gasteiger partial charge in [-0.1, -0.05) is 0 Å². The second kappa shape index (κ2) is 5.56. The minimum absolute atomic E-state index is 0.344. The molecule has 0 aliphatic carbocycles. The first-order valence-corrected chi connectivity index (χ1v) is 6.15. The minimum atomic E-state index is 0.344. The summed E-state index contributed by atoms with van der Waals surface area (Å²) in [5, 5.41) is 6.40. The molecular weight excluding hydrogens is 228 g/mol. The molecule has 1 aromatic heterocycles. The van der Waals surface area contributed by atoms with E-state index in [1.54, 1.807) is 6.20 Å². The Morgan fingerprint density at radius 3 is 3.11 bits per heavy atom. The fourth-order valence-electron chi connectivity index (χ4n) is 1.99. The Labute approximate surface area is 107 Å². The molecule has 1 fully saturated rings. The van der Waals surface area contributed by atoms with Gasteiger partial charge in [0.25, 0.3) is 0 Å². The lowest BCUT2D eigenvalue weighted by Gasteiger charge is -2.31. The summed E-state index contributed by atoms with van der Waals surface area (Å²) in [7, 11) is 0. The molecule has 0 bridgehead atoms. The molecule has 0 aromatic carbocycles. The number of hydrogen-bond donors (Lipinski definition) is 2. The van der Waals surface area contributed by atoms with E-state index in [4.69, 9.17) is 0 Å². The van der Waals surface area contributed by atoms with Crippen LogP contribution in [0.1, 0.15) is 13.8 Å². The summed E-state index contributed by atoms with van der Waals surface area (Å²) < 4.78 is 0. The topological polar surface area (TPSA) is 57.3 Å². The molecule has 5 heteroatoms. The Hall–Kier alpha value is -2.00. The smallest absolute Gasteiger partial charge is 0.152 e. The Kier molecular flexibility index (Phi) is 3.85. The fraction of sp³-hybridized carbons (Fsp3) is 0.462. The third kappa shape index (κ3) is 2.81. The van der Waals surface area contributed by atoms with Crippen LogP contribution >= 0.6 is 0 Å². The van der Waals surface area contributed by atoms with Gasteiger partial charge in [-0.3, -0.25) is 0 Å². The van der Waals surface area contributed by atoms with Crippen LogP contribution in [0.2, 0.25) is 0 Å². The number of anilines is 2. The number of carbonyl (C=O) groups excluding carboxylic acids is 1. The number of piperazine rings is 1. The van der Waals surface area contributed by atoms with Crippen LogP contribution in [0, 0.1) is 0 Å². The van der Waals surface area contributed by atoms with Gasteiger partial charge in [0.1, 0.15) is 11.6 Å². The number of rotatable bonds is 3. The zero-order valence-corrected chi connectivity index (χ0v) is 10.7. The summed E-state index contributed by atoms with van der Waals surface area (Å²) >= 11 is 0. The van der Waals surface area contributed by atoms with E-state index in [0.717, 1.165) is 24.6 Å². The molecular formula is C13H18N4O. The molecule has 0 amide bonds. The SMILES string of the molecule is CC(C)Nc1cccnc1N1CCNC(=C=O)C1. The van der Waals surface area contributed by atoms with E-state index < -0.39 is 0 Å². The van der Waals surface area contributed by atoms with Crippen LogP contribution in [0.5, 0.6) is 0 Å². The normalized spacial score (nSPS) is 15.3. The van der Waals surface area contributed by atoms with Crippen molar-refractivity contribution >= 4 is 17.4 Å². The highest BCUT2D eigenvalue weighted by atomic mass is 16.1. The molecule has 1 aromatic rings. The molecule has 1 aliphatic heterocycles. The van der Waals surface area contributed by atoms with Crippen LogP contribution in [0.15, 0.2) is 24.0 Å². The van der Waals surface area contributed by atoms with Crippen LogP contribution in [0.3, 0.4) is 0 Å². The molecule has 0 radical (unpaired) electrons. The maximum absolute atomic E-state index is 10.7. The standard InChI is InChI=1S/C13H18N4O/c1-10(2)16-12-4-3-5-15-13(12)17-7-6-14-11(8-17)9-18/h3-5,10,14,16H,6-8H2,1-2H3. The predicted molar refractivity (Wildman–Crippen MR) is 72.4 cm³/mol. The Morgan fingerprint density at radius 1 is 1.56 bits per heavy atom. The van der Waals surface area contributed by atoms with Crippen molar-refractivity contribution in [3.05, 3.63) is 24.0 Å². The summed E-state index contributed by atoms with van der Waals surface area (Å²) in [6.07, 6.45) is 1.77. The monoisotopic (exact) mass is 246 g/mol. The van der Waals surface area contributed by atoms with Crippen molar-refractivity contribution in [3.63, 3.8) is 0 Å². The van der Waals surface area contributed by atoms with Gasteiger partial charge in [0, 0.05) is 25.3 Å². The lowest BCUT2D eigenvalue weighted by Crippen LogP contribution is -2.43. The van der Waals surface area contributed by atoms with E-state index in [1.165, 1.54) is 0 Å². The van der Waals surface area contributed by atoms with E-state index in [0.29, 0.717) is 18.3 Å². The summed E-state index contributed by atoms with van der Waals surface area (Å²) in [5.74, 6) is 2.82. The predicted octanol–water partition coefficient (Wildman–Crippen LogP) is 1.03. The van der Waals surface area contributed by atoms with Crippen molar-refractivity contribution in [1.82, 2.24) is 10.3 Å². The minimum Gasteiger partial charge on any atom is -0.380 e. The molecule has 96 valence electrons. The fourth-order valence-corrected chi connectivity index (χ4v) is 1.99. The molecule has 2 N–H and O–H groups in total. The van der Waals surface area contributed by atoms with Crippen LogP contribution in [0.4, 0.5) is 11.5 Å². The summed E-state index contributed by atoms with van der Waals surface area (Å²) in [6, 6.07) is 4.26. The summed E-state index contributed by atoms with van der Waals surface area (Å²) in [4.78, 5) is 17.2. The average molecular weight is 246 g/mol. The van der Waals surface area contributed by atoms with Gasteiger partial charge >= 0.3 is 0 Å². The number of hydrogen-bond acceptors (Lipinski definition) is 5. The lowest BCUT2D eigenvalue weighted by molar-refractivity contribution is 0.558. The second-order valence-corrected chi connectivity index (χ2v) is 4.60. The van der Waals surface area contributed by atoms with Gasteiger partial charge in [-0.25, -0.2) is 9.78 Å². The first-order valence-electron chi connectivity index (χ1n) is 6.15. The van der Waals surface area contributed by atoms with Crippen LogP contribution in [-0.2, 0) is 4.79 Å². The van der Waals surface area contributed by atoms with E-state index in [2.05, 4.69) is 34.4 Å². The van der Waals surface area contributed by atoms with Crippen LogP contribution < -0.4 is 15.5 Å². The highest BCUT2D eigenvalue weighted by molar-refractivity contribution is 5.67. The first-order chi connectivity index (χ1) is 8.70. The molecule has 5 nitrogen and oxygen atoms in total. The highest BCUT2D eigenvalue weighted by Crippen LogP contribution is 2.24. The van der Waals surface area contributed by atoms with E-state index >= 15 is 0 Å². The van der Waals surface area contributed by atoms with Gasteiger partial charge in [0.05, 0.1) is 12.2 Å². The van der Waals surface area contributed by atoms with Crippen molar-refractivity contribution in [1.29, 1.82) is 0 Å². The van der Waals surface area contributed by atoms with Gasteiger partial charge in [-0.05, 0) is 26.0 Å². The lowest BCUT2D eigenvalue weighted by atomic mass is 10.2. The zero-order valence-electron chi connectivity index (χ0n) is 10.7. The molecule has 1 aliphatic rings. The summed E-state index contributed by atoms with van der Waals surface area (Å²) in [6.45, 7) is 6.28. The number of pyridine rings is 1. The number of nitrogens with one attached hydrogen (secondary N) is 2. The van der Waals surface area contributed by atoms with Gasteiger partial charge < -0.3 is 15.5 Å². The maximum atomic E-state index is 10.7. The summed E-state index contributed by atoms with van der Waals surface area (Å²) in [5.41, 5.74) is 1.59. The Bertz CT molecular complexity index is 466. The van der Waals surface area contributed by atoms with E-state index in [1.807, 2.05) is 18.1 Å². The first kappa shape index (κ1) is 12.5. The highest BCUT2D eigenvalue weighted by Gasteiger charge is 2.18. The molecule has 0 spiro atoms. The van der Waals surface area contributed by atoms with Crippen molar-refractivity contribution in [2.45, 2.75) is 19.9 Å². The third-order valence-electron chi connectivity index (χ3n) is 2.72. The number of aromatic nitrogens is 1. The van der Waals surface area contributed by atoms with Gasteiger partial charge in [0.2, 0.25) is 0 Å².